The number of carbonyl (C=O) groups is 1. The minimum atomic E-state index is 0.00263. The quantitative estimate of drug-likeness (QED) is 0.620. The number of hydrogen-bond donors (Lipinski definition) is 1. The lowest BCUT2D eigenvalue weighted by Gasteiger charge is -2.15. The van der Waals surface area contributed by atoms with E-state index in [1.807, 2.05) is 25.1 Å². The van der Waals surface area contributed by atoms with Gasteiger partial charge >= 0.3 is 0 Å². The standard InChI is InChI=1S/C24H27N3OS/c1-18-26-23(17-29-18)21-9-7-19(8-10-21)11-12-25-24(28)22-6-4-5-20(15-22)16-27-13-2-3-14-27/h4-10,15,17H,2-3,11-14,16H2,1H3,(H,25,28). The van der Waals surface area contributed by atoms with Gasteiger partial charge in [-0.25, -0.2) is 4.98 Å². The Balaban J connectivity index is 1.28. The number of nitrogens with one attached hydrogen (secondary N) is 1. The van der Waals surface area contributed by atoms with E-state index in [0.717, 1.165) is 47.9 Å². The van der Waals surface area contributed by atoms with E-state index in [1.165, 1.54) is 24.0 Å². The molecule has 1 fully saturated rings. The van der Waals surface area contributed by atoms with Crippen molar-refractivity contribution in [2.75, 3.05) is 19.6 Å². The Kier molecular flexibility index (Phi) is 6.37. The molecule has 0 aliphatic carbocycles. The number of thiazole rings is 1. The van der Waals surface area contributed by atoms with Crippen molar-refractivity contribution in [2.45, 2.75) is 32.7 Å². The van der Waals surface area contributed by atoms with Gasteiger partial charge in [0.1, 0.15) is 0 Å². The van der Waals surface area contributed by atoms with Gasteiger partial charge in [0.05, 0.1) is 10.7 Å². The molecular formula is C24H27N3OS. The van der Waals surface area contributed by atoms with Crippen LogP contribution in [0.15, 0.2) is 53.9 Å². The maximum absolute atomic E-state index is 12.5. The Labute approximate surface area is 176 Å². The maximum Gasteiger partial charge on any atom is 0.251 e. The Morgan fingerprint density at radius 2 is 1.90 bits per heavy atom. The lowest BCUT2D eigenvalue weighted by molar-refractivity contribution is 0.0954. The summed E-state index contributed by atoms with van der Waals surface area (Å²) >= 11 is 1.67. The molecule has 29 heavy (non-hydrogen) atoms. The molecule has 0 unspecified atom stereocenters. The van der Waals surface area contributed by atoms with Crippen molar-refractivity contribution in [3.63, 3.8) is 0 Å². The first-order chi connectivity index (χ1) is 14.2. The van der Waals surface area contributed by atoms with Gasteiger partial charge in [0, 0.05) is 29.6 Å². The Morgan fingerprint density at radius 3 is 2.62 bits per heavy atom. The largest absolute Gasteiger partial charge is 0.352 e. The van der Waals surface area contributed by atoms with Crippen molar-refractivity contribution >= 4 is 17.2 Å². The third-order valence-electron chi connectivity index (χ3n) is 5.36. The topological polar surface area (TPSA) is 45.2 Å². The van der Waals surface area contributed by atoms with Crippen molar-refractivity contribution in [2.24, 2.45) is 0 Å². The van der Waals surface area contributed by atoms with Crippen LogP contribution in [0.5, 0.6) is 0 Å². The van der Waals surface area contributed by atoms with Crippen LogP contribution in [0.3, 0.4) is 0 Å². The second-order valence-electron chi connectivity index (χ2n) is 7.64. The highest BCUT2D eigenvalue weighted by molar-refractivity contribution is 7.09. The summed E-state index contributed by atoms with van der Waals surface area (Å²) in [5, 5.41) is 6.22. The van der Waals surface area contributed by atoms with Crippen LogP contribution >= 0.6 is 11.3 Å². The SMILES string of the molecule is Cc1nc(-c2ccc(CCNC(=O)c3cccc(CN4CCCC4)c3)cc2)cs1. The summed E-state index contributed by atoms with van der Waals surface area (Å²) in [4.78, 5) is 19.5. The van der Waals surface area contributed by atoms with E-state index in [0.29, 0.717) is 6.54 Å². The van der Waals surface area contributed by atoms with E-state index in [2.05, 4.69) is 50.9 Å². The van der Waals surface area contributed by atoms with Crippen molar-refractivity contribution in [3.8, 4) is 11.3 Å². The minimum Gasteiger partial charge on any atom is -0.352 e. The maximum atomic E-state index is 12.5. The Hall–Kier alpha value is -2.50. The second-order valence-corrected chi connectivity index (χ2v) is 8.70. The van der Waals surface area contributed by atoms with Gasteiger partial charge in [-0.1, -0.05) is 36.4 Å². The lowest BCUT2D eigenvalue weighted by atomic mass is 10.1. The number of carbonyl (C=O) groups excluding carboxylic acids is 1. The van der Waals surface area contributed by atoms with Crippen LogP contribution in [0, 0.1) is 6.92 Å². The smallest absolute Gasteiger partial charge is 0.251 e. The van der Waals surface area contributed by atoms with Gasteiger partial charge in [0.15, 0.2) is 0 Å². The van der Waals surface area contributed by atoms with Gasteiger partial charge in [-0.15, -0.1) is 11.3 Å². The summed E-state index contributed by atoms with van der Waals surface area (Å²) in [6, 6.07) is 16.5. The van der Waals surface area contributed by atoms with E-state index in [1.54, 1.807) is 11.3 Å². The summed E-state index contributed by atoms with van der Waals surface area (Å²) in [5.74, 6) is 0.00263. The first-order valence-electron chi connectivity index (χ1n) is 10.3. The third kappa shape index (κ3) is 5.31. The number of hydrogen-bond acceptors (Lipinski definition) is 4. The van der Waals surface area contributed by atoms with Crippen LogP contribution in [-0.2, 0) is 13.0 Å². The molecule has 150 valence electrons. The van der Waals surface area contributed by atoms with Gasteiger partial charge in [0.25, 0.3) is 5.91 Å². The molecule has 0 bridgehead atoms. The van der Waals surface area contributed by atoms with E-state index in [-0.39, 0.29) is 5.91 Å². The second kappa shape index (κ2) is 9.33. The van der Waals surface area contributed by atoms with Gasteiger partial charge in [-0.05, 0) is 62.5 Å². The van der Waals surface area contributed by atoms with E-state index >= 15 is 0 Å². The highest BCUT2D eigenvalue weighted by Crippen LogP contribution is 2.22. The molecule has 0 atom stereocenters. The minimum absolute atomic E-state index is 0.00263. The van der Waals surface area contributed by atoms with Gasteiger partial charge in [-0.2, -0.15) is 0 Å². The molecule has 2 aromatic carbocycles. The van der Waals surface area contributed by atoms with E-state index in [4.69, 9.17) is 0 Å². The Bertz CT molecular complexity index is 958. The molecule has 4 rings (SSSR count). The van der Waals surface area contributed by atoms with E-state index in [9.17, 15) is 4.79 Å². The number of nitrogens with zero attached hydrogens (tertiary/aromatic N) is 2. The normalized spacial score (nSPS) is 14.2. The van der Waals surface area contributed by atoms with Gasteiger partial charge < -0.3 is 5.32 Å². The molecule has 1 saturated heterocycles. The average molecular weight is 406 g/mol. The number of rotatable bonds is 7. The fourth-order valence-corrected chi connectivity index (χ4v) is 4.39. The molecule has 0 radical (unpaired) electrons. The van der Waals surface area contributed by atoms with Gasteiger partial charge in [0.2, 0.25) is 0 Å². The monoisotopic (exact) mass is 405 g/mol. The lowest BCUT2D eigenvalue weighted by Crippen LogP contribution is -2.26. The fourth-order valence-electron chi connectivity index (χ4n) is 3.77. The van der Waals surface area contributed by atoms with Crippen LogP contribution < -0.4 is 5.32 Å². The first kappa shape index (κ1) is 19.8. The molecule has 1 aliphatic rings. The van der Waals surface area contributed by atoms with Crippen molar-refractivity contribution in [1.82, 2.24) is 15.2 Å². The number of aromatic nitrogens is 1. The summed E-state index contributed by atoms with van der Waals surface area (Å²) in [5.41, 5.74) is 5.34. The zero-order valence-corrected chi connectivity index (χ0v) is 17.7. The van der Waals surface area contributed by atoms with Crippen LogP contribution in [0.4, 0.5) is 0 Å². The molecule has 5 heteroatoms. The zero-order chi connectivity index (χ0) is 20.1. The highest BCUT2D eigenvalue weighted by atomic mass is 32.1. The summed E-state index contributed by atoms with van der Waals surface area (Å²) < 4.78 is 0. The molecule has 1 aromatic heterocycles. The highest BCUT2D eigenvalue weighted by Gasteiger charge is 2.13. The third-order valence-corrected chi connectivity index (χ3v) is 6.14. The molecule has 0 spiro atoms. The fraction of sp³-hybridized carbons (Fsp3) is 0.333. The van der Waals surface area contributed by atoms with Crippen molar-refractivity contribution in [3.05, 3.63) is 75.6 Å². The first-order valence-corrected chi connectivity index (χ1v) is 11.2. The van der Waals surface area contributed by atoms with Crippen LogP contribution in [0.1, 0.15) is 39.3 Å². The summed E-state index contributed by atoms with van der Waals surface area (Å²) in [6.45, 7) is 5.91. The zero-order valence-electron chi connectivity index (χ0n) is 16.9. The number of amides is 1. The molecule has 2 heterocycles. The number of aryl methyl sites for hydroxylation is 1. The number of benzene rings is 2. The number of likely N-dealkylation sites (tertiary alicyclic amines) is 1. The predicted molar refractivity (Wildman–Crippen MR) is 119 cm³/mol. The molecule has 4 nitrogen and oxygen atoms in total. The van der Waals surface area contributed by atoms with Crippen LogP contribution in [-0.4, -0.2) is 35.4 Å². The molecule has 1 aliphatic heterocycles. The predicted octanol–water partition coefficient (Wildman–Crippen LogP) is 4.69. The summed E-state index contributed by atoms with van der Waals surface area (Å²) in [7, 11) is 0. The average Bonchev–Trinajstić information content (AvgIpc) is 3.40. The van der Waals surface area contributed by atoms with Gasteiger partial charge in [-0.3, -0.25) is 9.69 Å². The molecule has 0 saturated carbocycles. The summed E-state index contributed by atoms with van der Waals surface area (Å²) in [6.07, 6.45) is 3.38. The van der Waals surface area contributed by atoms with Crippen molar-refractivity contribution < 1.29 is 4.79 Å². The van der Waals surface area contributed by atoms with Crippen LogP contribution in [0.25, 0.3) is 11.3 Å². The van der Waals surface area contributed by atoms with Crippen molar-refractivity contribution in [1.29, 1.82) is 0 Å². The molecular weight excluding hydrogens is 378 g/mol. The molecule has 3 aromatic rings. The Morgan fingerprint density at radius 1 is 1.10 bits per heavy atom. The molecule has 1 amide bonds. The molecule has 1 N–H and O–H groups in total. The van der Waals surface area contributed by atoms with Crippen LogP contribution in [0.2, 0.25) is 0 Å². The van der Waals surface area contributed by atoms with E-state index < -0.39 is 0 Å².